The minimum Gasteiger partial charge on any atom is -0.426 e. The second-order valence-electron chi connectivity index (χ2n) is 9.12. The minimum absolute atomic E-state index is 0.0827. The quantitative estimate of drug-likeness (QED) is 0.407. The number of esters is 1. The molecule has 0 N–H and O–H groups in total. The third kappa shape index (κ3) is 3.81. The van der Waals surface area contributed by atoms with E-state index in [-0.39, 0.29) is 48.3 Å². The molecule has 33 heavy (non-hydrogen) atoms. The van der Waals surface area contributed by atoms with Crippen LogP contribution in [0.15, 0.2) is 48.5 Å². The smallest absolute Gasteiger partial charge is 0.316 e. The van der Waals surface area contributed by atoms with E-state index in [9.17, 15) is 19.2 Å². The Kier molecular flexibility index (Phi) is 5.48. The number of hydrogen-bond acceptors (Lipinski definition) is 5. The van der Waals surface area contributed by atoms with Gasteiger partial charge < -0.3 is 9.64 Å². The Morgan fingerprint density at radius 2 is 1.64 bits per heavy atom. The summed E-state index contributed by atoms with van der Waals surface area (Å²) in [6, 6.07) is 14.1. The van der Waals surface area contributed by atoms with Gasteiger partial charge in [-0.2, -0.15) is 0 Å². The zero-order valence-electron chi connectivity index (χ0n) is 18.5. The first kappa shape index (κ1) is 21.4. The molecule has 7 nitrogen and oxygen atoms in total. The average molecular weight is 447 g/mol. The van der Waals surface area contributed by atoms with Crippen molar-refractivity contribution in [3.8, 4) is 5.75 Å². The minimum atomic E-state index is -0.585. The lowest BCUT2D eigenvalue weighted by atomic mass is 9.81. The number of benzene rings is 2. The first-order valence-corrected chi connectivity index (χ1v) is 11.5. The summed E-state index contributed by atoms with van der Waals surface area (Å²) in [6.07, 6.45) is 3.50. The van der Waals surface area contributed by atoms with Crippen molar-refractivity contribution in [2.75, 3.05) is 16.3 Å². The van der Waals surface area contributed by atoms with Crippen molar-refractivity contribution in [1.82, 2.24) is 0 Å². The van der Waals surface area contributed by atoms with E-state index in [1.807, 2.05) is 31.2 Å². The summed E-state index contributed by atoms with van der Waals surface area (Å²) in [6.45, 7) is 2.19. The number of imide groups is 1. The Bertz CT molecular complexity index is 1120. The molecule has 5 rings (SSSR count). The zero-order valence-corrected chi connectivity index (χ0v) is 18.5. The van der Waals surface area contributed by atoms with Gasteiger partial charge in [-0.15, -0.1) is 0 Å². The van der Waals surface area contributed by atoms with Crippen molar-refractivity contribution in [3.05, 3.63) is 54.1 Å². The summed E-state index contributed by atoms with van der Waals surface area (Å²) in [7, 11) is 0. The monoisotopic (exact) mass is 446 g/mol. The first-order chi connectivity index (χ1) is 15.9. The predicted molar refractivity (Wildman–Crippen MR) is 122 cm³/mol. The molecule has 3 amide bonds. The molecular formula is C26H26N2O5. The summed E-state index contributed by atoms with van der Waals surface area (Å²) in [5.74, 6) is -1.75. The second-order valence-corrected chi connectivity index (χ2v) is 9.12. The number of anilines is 2. The fourth-order valence-corrected chi connectivity index (χ4v) is 5.27. The number of amides is 3. The Balaban J connectivity index is 1.30. The molecule has 0 bridgehead atoms. The fourth-order valence-electron chi connectivity index (χ4n) is 5.27. The van der Waals surface area contributed by atoms with Crippen LogP contribution < -0.4 is 14.5 Å². The molecule has 0 spiro atoms. The molecule has 3 aliphatic rings. The van der Waals surface area contributed by atoms with Crippen LogP contribution in [0.4, 0.5) is 11.4 Å². The molecule has 2 saturated heterocycles. The summed E-state index contributed by atoms with van der Waals surface area (Å²) >= 11 is 0. The van der Waals surface area contributed by atoms with Crippen molar-refractivity contribution < 1.29 is 23.9 Å². The standard InChI is InChI=1S/C26H26N2O5/c1-16-7-2-5-12-22(16)27-15-17(13-23(27)29)26(32)33-19-9-6-8-18(14-19)28-24(30)20-10-3-4-11-21(20)25(28)31/h2,5-9,12,14,17,20-21H,3-4,10-11,13,15H2,1H3/t17-,20-,21-/m1/s1. The van der Waals surface area contributed by atoms with E-state index < -0.39 is 11.9 Å². The number of ether oxygens (including phenoxy) is 1. The Morgan fingerprint density at radius 1 is 0.939 bits per heavy atom. The molecule has 1 saturated carbocycles. The molecule has 3 atom stereocenters. The van der Waals surface area contributed by atoms with Gasteiger partial charge in [-0.25, -0.2) is 4.90 Å². The molecule has 0 radical (unpaired) electrons. The highest BCUT2D eigenvalue weighted by Gasteiger charge is 2.48. The first-order valence-electron chi connectivity index (χ1n) is 11.5. The van der Waals surface area contributed by atoms with Gasteiger partial charge in [0.25, 0.3) is 0 Å². The number of rotatable bonds is 4. The maximum Gasteiger partial charge on any atom is 0.316 e. The number of aryl methyl sites for hydroxylation is 1. The number of carbonyl (C=O) groups excluding carboxylic acids is 4. The van der Waals surface area contributed by atoms with Gasteiger partial charge in [0, 0.05) is 24.7 Å². The van der Waals surface area contributed by atoms with Crippen LogP contribution >= 0.6 is 0 Å². The molecule has 7 heteroatoms. The van der Waals surface area contributed by atoms with E-state index >= 15 is 0 Å². The molecule has 3 fully saturated rings. The number of fused-ring (bicyclic) bond motifs is 1. The molecule has 2 heterocycles. The van der Waals surface area contributed by atoms with Gasteiger partial charge in [0.05, 0.1) is 23.4 Å². The summed E-state index contributed by atoms with van der Waals surface area (Å²) in [4.78, 5) is 54.0. The number of nitrogens with zero attached hydrogens (tertiary/aromatic N) is 2. The summed E-state index contributed by atoms with van der Waals surface area (Å²) in [5.41, 5.74) is 2.19. The fraction of sp³-hybridized carbons (Fsp3) is 0.385. The van der Waals surface area contributed by atoms with Crippen LogP contribution in [0.1, 0.15) is 37.7 Å². The van der Waals surface area contributed by atoms with E-state index in [2.05, 4.69) is 0 Å². The van der Waals surface area contributed by atoms with Crippen LogP contribution in [0.5, 0.6) is 5.75 Å². The van der Waals surface area contributed by atoms with Crippen LogP contribution in [0.3, 0.4) is 0 Å². The van der Waals surface area contributed by atoms with Crippen LogP contribution in [0, 0.1) is 24.7 Å². The Hall–Kier alpha value is -3.48. The van der Waals surface area contributed by atoms with Crippen molar-refractivity contribution >= 4 is 35.1 Å². The zero-order chi connectivity index (χ0) is 23.1. The van der Waals surface area contributed by atoms with Crippen molar-refractivity contribution in [3.63, 3.8) is 0 Å². The Morgan fingerprint density at radius 3 is 2.33 bits per heavy atom. The maximum atomic E-state index is 12.9. The lowest BCUT2D eigenvalue weighted by Gasteiger charge is -2.19. The normalized spacial score (nSPS) is 24.9. The largest absolute Gasteiger partial charge is 0.426 e. The van der Waals surface area contributed by atoms with Crippen LogP contribution in [0.2, 0.25) is 0 Å². The highest BCUT2D eigenvalue weighted by Crippen LogP contribution is 2.40. The van der Waals surface area contributed by atoms with E-state index in [4.69, 9.17) is 4.74 Å². The summed E-state index contributed by atoms with van der Waals surface area (Å²) in [5, 5.41) is 0. The molecule has 1 aliphatic carbocycles. The number of hydrogen-bond donors (Lipinski definition) is 0. The highest BCUT2D eigenvalue weighted by atomic mass is 16.5. The molecule has 2 aromatic carbocycles. The van der Waals surface area contributed by atoms with Crippen molar-refractivity contribution in [2.45, 2.75) is 39.0 Å². The number of para-hydroxylation sites is 1. The van der Waals surface area contributed by atoms with E-state index in [1.54, 1.807) is 29.2 Å². The highest BCUT2D eigenvalue weighted by molar-refractivity contribution is 6.22. The van der Waals surface area contributed by atoms with Crippen molar-refractivity contribution in [1.29, 1.82) is 0 Å². The second kappa shape index (κ2) is 8.46. The van der Waals surface area contributed by atoms with E-state index in [0.29, 0.717) is 5.69 Å². The lowest BCUT2D eigenvalue weighted by Crippen LogP contribution is -2.31. The Labute approximate surface area is 192 Å². The molecule has 170 valence electrons. The average Bonchev–Trinajstić information content (AvgIpc) is 3.32. The SMILES string of the molecule is Cc1ccccc1N1C[C@H](C(=O)Oc2cccc(N3C(=O)[C@@H]4CCCC[C@H]4C3=O)c2)CC1=O. The molecule has 2 aromatic rings. The van der Waals surface area contributed by atoms with Gasteiger partial charge in [0.1, 0.15) is 5.75 Å². The number of carbonyl (C=O) groups is 4. The predicted octanol–water partition coefficient (Wildman–Crippen LogP) is 3.63. The topological polar surface area (TPSA) is 84.0 Å². The third-order valence-corrected chi connectivity index (χ3v) is 7.00. The van der Waals surface area contributed by atoms with Gasteiger partial charge in [0.2, 0.25) is 17.7 Å². The van der Waals surface area contributed by atoms with Gasteiger partial charge >= 0.3 is 5.97 Å². The van der Waals surface area contributed by atoms with Crippen LogP contribution in [-0.4, -0.2) is 30.2 Å². The molecule has 0 unspecified atom stereocenters. The van der Waals surface area contributed by atoms with Gasteiger partial charge in [-0.1, -0.05) is 37.1 Å². The molecule has 0 aromatic heterocycles. The third-order valence-electron chi connectivity index (χ3n) is 7.00. The lowest BCUT2D eigenvalue weighted by molar-refractivity contribution is -0.139. The maximum absolute atomic E-state index is 12.9. The van der Waals surface area contributed by atoms with Gasteiger partial charge in [-0.05, 0) is 43.5 Å². The molecular weight excluding hydrogens is 420 g/mol. The van der Waals surface area contributed by atoms with Crippen LogP contribution in [-0.2, 0) is 19.2 Å². The van der Waals surface area contributed by atoms with Gasteiger partial charge in [0.15, 0.2) is 0 Å². The van der Waals surface area contributed by atoms with Crippen LogP contribution in [0.25, 0.3) is 0 Å². The molecule has 2 aliphatic heterocycles. The van der Waals surface area contributed by atoms with Gasteiger partial charge in [-0.3, -0.25) is 19.2 Å². The van der Waals surface area contributed by atoms with E-state index in [0.717, 1.165) is 36.9 Å². The van der Waals surface area contributed by atoms with Crippen molar-refractivity contribution in [2.24, 2.45) is 17.8 Å². The summed E-state index contributed by atoms with van der Waals surface area (Å²) < 4.78 is 5.58. The van der Waals surface area contributed by atoms with E-state index in [1.165, 1.54) is 4.90 Å².